The van der Waals surface area contributed by atoms with E-state index in [1.165, 1.54) is 33.8 Å². The van der Waals surface area contributed by atoms with Crippen molar-refractivity contribution in [3.8, 4) is 0 Å². The van der Waals surface area contributed by atoms with Crippen LogP contribution in [0.15, 0.2) is 0 Å². The molecule has 2 saturated carbocycles. The van der Waals surface area contributed by atoms with Gasteiger partial charge in [-0.1, -0.05) is 25.7 Å². The van der Waals surface area contributed by atoms with Crippen LogP contribution in [0.3, 0.4) is 0 Å². The molecule has 0 spiro atoms. The van der Waals surface area contributed by atoms with Gasteiger partial charge >= 0.3 is 36.4 Å². The van der Waals surface area contributed by atoms with E-state index in [1.54, 1.807) is 0 Å². The largest absolute Gasteiger partial charge is 0.471 e. The second-order valence-electron chi connectivity index (χ2n) is 3.20. The lowest BCUT2D eigenvalue weighted by Gasteiger charge is -1.64. The van der Waals surface area contributed by atoms with Crippen LogP contribution in [0.4, 0.5) is 0 Å². The van der Waals surface area contributed by atoms with E-state index in [2.05, 4.69) is 25.8 Å². The maximum Gasteiger partial charge on any atom is 0.471 e. The molecule has 0 bridgehead atoms. The minimum atomic E-state index is 0. The van der Waals surface area contributed by atoms with Crippen LogP contribution in [-0.4, -0.2) is 41.9 Å². The molecule has 2 aliphatic rings. The van der Waals surface area contributed by atoms with Crippen molar-refractivity contribution >= 4 is 62.2 Å². The second-order valence-corrected chi connectivity index (χ2v) is 10.0. The first-order valence-electron chi connectivity index (χ1n) is 3.98. The second kappa shape index (κ2) is 7.82. The number of hydrogen-bond donors (Lipinski definition) is 0. The van der Waals surface area contributed by atoms with Crippen molar-refractivity contribution in [1.82, 2.24) is 0 Å². The molecule has 0 aromatic rings. The monoisotopic (exact) mass is 306 g/mol. The Morgan fingerprint density at radius 3 is 1.09 bits per heavy atom. The summed E-state index contributed by atoms with van der Waals surface area (Å²) in [4.78, 5) is 0. The Hall–Kier alpha value is 2.45. The Balaban J connectivity index is 0.000000167. The molecule has 11 heavy (non-hydrogen) atoms. The van der Waals surface area contributed by atoms with Crippen LogP contribution in [0.2, 0.25) is 8.09 Å². The molecule has 0 radical (unpaired) electrons. The summed E-state index contributed by atoms with van der Waals surface area (Å²) >= 11 is 7.57. The summed E-state index contributed by atoms with van der Waals surface area (Å²) in [5.41, 5.74) is 0. The Morgan fingerprint density at radius 2 is 1.09 bits per heavy atom. The topological polar surface area (TPSA) is 31.5 Å². The van der Waals surface area contributed by atoms with Crippen molar-refractivity contribution < 1.29 is 5.48 Å². The van der Waals surface area contributed by atoms with E-state index in [0.29, 0.717) is 0 Å². The first kappa shape index (κ1) is 13.5. The lowest BCUT2D eigenvalue weighted by atomic mass is 11.0. The van der Waals surface area contributed by atoms with Gasteiger partial charge in [-0.3, -0.25) is 0 Å². The van der Waals surface area contributed by atoms with Crippen molar-refractivity contribution in [2.75, 3.05) is 0 Å². The third-order valence-corrected chi connectivity index (χ3v) is 9.83. The summed E-state index contributed by atoms with van der Waals surface area (Å²) in [5.74, 6) is 0. The lowest BCUT2D eigenvalue weighted by Crippen LogP contribution is -1.65. The van der Waals surface area contributed by atoms with Gasteiger partial charge in [0.05, 0.1) is 0 Å². The van der Waals surface area contributed by atoms with Gasteiger partial charge in [0.2, 0.25) is 0 Å². The first-order chi connectivity index (χ1) is 4.86. The normalized spacial score (nSPS) is 19.8. The molecule has 0 unspecified atom stereocenters. The van der Waals surface area contributed by atoms with Crippen LogP contribution in [0.25, 0.3) is 0 Å². The van der Waals surface area contributed by atoms with E-state index in [-0.39, 0.29) is 41.9 Å². The minimum Gasteiger partial charge on any atom is -0.412 e. The molecule has 0 aromatic carbocycles. The van der Waals surface area contributed by atoms with Gasteiger partial charge in [0, 0.05) is 0 Å². The third-order valence-electron chi connectivity index (χ3n) is 1.83. The van der Waals surface area contributed by atoms with Crippen LogP contribution in [0, 0.1) is 0 Å². The Kier molecular flexibility index (Phi) is 9.56. The highest BCUT2D eigenvalue weighted by Gasteiger charge is 2.21. The van der Waals surface area contributed by atoms with Gasteiger partial charge in [0.25, 0.3) is 0 Å². The van der Waals surface area contributed by atoms with Crippen molar-refractivity contribution in [1.29, 1.82) is 0 Å². The van der Waals surface area contributed by atoms with Crippen LogP contribution < -0.4 is 0 Å². The molecule has 1 nitrogen and oxygen atoms in total. The summed E-state index contributed by atoms with van der Waals surface area (Å²) in [7, 11) is 0. The molecule has 60 valence electrons. The fourth-order valence-corrected chi connectivity index (χ4v) is 5.52. The van der Waals surface area contributed by atoms with Crippen molar-refractivity contribution in [2.24, 2.45) is 0 Å². The Labute approximate surface area is 99.9 Å². The average molecular weight is 309 g/mol. The summed E-state index contributed by atoms with van der Waals surface area (Å²) in [6.07, 6.45) is 6.10. The van der Waals surface area contributed by atoms with E-state index >= 15 is 0 Å². The predicted octanol–water partition coefficient (Wildman–Crippen LogP) is 2.34. The quantitative estimate of drug-likeness (QED) is 0.701. The molecule has 0 aliphatic heterocycles. The average Bonchev–Trinajstić information content (AvgIpc) is 2.86. The molecule has 2 fully saturated rings. The van der Waals surface area contributed by atoms with Gasteiger partial charge < -0.3 is 31.2 Å². The molecule has 2 rings (SSSR count). The minimum absolute atomic E-state index is 0. The molecule has 0 saturated heterocycles. The highest BCUT2D eigenvalue weighted by molar-refractivity contribution is 9.23. The Bertz CT molecular complexity index is 84.6. The lowest BCUT2D eigenvalue weighted by molar-refractivity contribution is 0.824. The molecule has 2 aliphatic carbocycles. The van der Waals surface area contributed by atoms with Crippen LogP contribution in [0.5, 0.6) is 0 Å². The van der Waals surface area contributed by atoms with E-state index in [9.17, 15) is 0 Å². The highest BCUT2D eigenvalue weighted by atomic mass is 79.9. The van der Waals surface area contributed by atoms with Gasteiger partial charge in [-0.2, -0.15) is 0 Å². The number of halogens is 2. The van der Waals surface area contributed by atoms with Crippen LogP contribution >= 0.6 is 25.8 Å². The summed E-state index contributed by atoms with van der Waals surface area (Å²) < 4.78 is 2.38. The molecule has 0 heterocycles. The maximum atomic E-state index is 3.52. The van der Waals surface area contributed by atoms with Gasteiger partial charge in [-0.25, -0.2) is 0 Å². The zero-order valence-electron chi connectivity index (χ0n) is 6.65. The smallest absolute Gasteiger partial charge is 0.412 e. The van der Waals surface area contributed by atoms with E-state index in [4.69, 9.17) is 0 Å². The van der Waals surface area contributed by atoms with Gasteiger partial charge in [0.15, 0.2) is 0 Å². The van der Waals surface area contributed by atoms with E-state index in [1.807, 2.05) is 0 Å². The molecule has 5 heteroatoms. The summed E-state index contributed by atoms with van der Waals surface area (Å²) in [6, 6.07) is 0. The van der Waals surface area contributed by atoms with Gasteiger partial charge in [-0.05, 0) is 0 Å². The molecular weight excluding hydrogens is 296 g/mol. The Morgan fingerprint density at radius 1 is 0.818 bits per heavy atom. The maximum absolute atomic E-state index is 3.52. The van der Waals surface area contributed by atoms with Gasteiger partial charge in [-0.15, -0.1) is 8.09 Å². The van der Waals surface area contributed by atoms with E-state index < -0.39 is 0 Å². The van der Waals surface area contributed by atoms with E-state index in [0.717, 1.165) is 0 Å². The van der Waals surface area contributed by atoms with Crippen LogP contribution in [-0.2, 0) is 0 Å². The van der Waals surface area contributed by atoms with Crippen molar-refractivity contribution in [3.05, 3.63) is 0 Å². The zero-order valence-corrected chi connectivity index (χ0v) is 12.7. The van der Waals surface area contributed by atoms with Gasteiger partial charge in [0.1, 0.15) is 0 Å². The SMILES string of the molecule is O.[Br][Mg][CH]1CC1.[Br][Mg][CH]1CC1. The number of hydrogen-bond acceptors (Lipinski definition) is 0. The zero-order chi connectivity index (χ0) is 7.40. The van der Waals surface area contributed by atoms with Crippen molar-refractivity contribution in [3.63, 3.8) is 0 Å². The fourth-order valence-electron chi connectivity index (χ4n) is 0.544. The molecule has 0 atom stereocenters. The predicted molar refractivity (Wildman–Crippen MR) is 58.9 cm³/mol. The number of rotatable bonds is 2. The first-order valence-corrected chi connectivity index (χ1v) is 13.4. The van der Waals surface area contributed by atoms with Crippen LogP contribution in [0.1, 0.15) is 25.7 Å². The highest BCUT2D eigenvalue weighted by Crippen LogP contribution is 2.36. The molecule has 0 amide bonds. The summed E-state index contributed by atoms with van der Waals surface area (Å²) in [5, 5.41) is 0. The van der Waals surface area contributed by atoms with Crippen molar-refractivity contribution in [2.45, 2.75) is 33.8 Å². The molecular formula is C6H12Br2Mg2O. The third kappa shape index (κ3) is 8.77. The molecule has 0 aromatic heterocycles. The summed E-state index contributed by atoms with van der Waals surface area (Å²) in [6.45, 7) is 0. The standard InChI is InChI=1S/2C3H5.2BrH.2Mg.H2O/c2*1-2-3-1;;;;;/h2*1H,2-3H2;2*1H;;;1H2/q;;;;2*+1;/p-2. The molecule has 2 N–H and O–H groups in total. The fraction of sp³-hybridized carbons (Fsp3) is 1.00.